The third-order valence-corrected chi connectivity index (χ3v) is 4.23. The van der Waals surface area contributed by atoms with Crippen LogP contribution in [0.15, 0.2) is 12.2 Å². The Bertz CT molecular complexity index is 260. The Balaban J connectivity index is 3.17. The van der Waals surface area contributed by atoms with E-state index in [0.717, 1.165) is 12.8 Å². The molecule has 0 amide bonds. The molecule has 21 heavy (non-hydrogen) atoms. The van der Waals surface area contributed by atoms with Gasteiger partial charge in [-0.25, -0.2) is 0 Å². The Hall–Kier alpha value is -0.300. The predicted molar refractivity (Wildman–Crippen MR) is 94.9 cm³/mol. The molecular weight excluding hydrogens is 280 g/mol. The van der Waals surface area contributed by atoms with Gasteiger partial charge in [0, 0.05) is 6.42 Å². The van der Waals surface area contributed by atoms with Gasteiger partial charge in [-0.05, 0) is 43.7 Å². The van der Waals surface area contributed by atoms with E-state index in [2.05, 4.69) is 13.5 Å². The molecule has 0 unspecified atom stereocenters. The summed E-state index contributed by atoms with van der Waals surface area (Å²) in [5, 5.41) is -0.194. The molecule has 0 radical (unpaired) electrons. The molecule has 0 aromatic heterocycles. The number of unbranched alkanes of at least 4 members (excludes halogenated alkanes) is 10. The van der Waals surface area contributed by atoms with Gasteiger partial charge < -0.3 is 0 Å². The third kappa shape index (κ3) is 17.6. The van der Waals surface area contributed by atoms with E-state index in [1.807, 2.05) is 0 Å². The number of carbonyl (C=O) groups is 1. The smallest absolute Gasteiger partial charge is 0.221 e. The summed E-state index contributed by atoms with van der Waals surface area (Å²) in [5.74, 6) is 0. The summed E-state index contributed by atoms with van der Waals surface area (Å²) in [6.45, 7) is 6.47. The molecule has 0 aromatic rings. The predicted octanol–water partition coefficient (Wildman–Crippen LogP) is 7.18. The van der Waals surface area contributed by atoms with Crippen molar-refractivity contribution in [2.24, 2.45) is 0 Å². The first kappa shape index (κ1) is 20.7. The summed E-state index contributed by atoms with van der Waals surface area (Å²) >= 11 is 5.30. The Morgan fingerprint density at radius 1 is 0.714 bits per heavy atom. The molecule has 2 heteroatoms. The lowest BCUT2D eigenvalue weighted by atomic mass is 10.0. The van der Waals surface area contributed by atoms with E-state index in [1.165, 1.54) is 82.6 Å². The number of carbonyl (C=O) groups excluding carboxylic acids is 1. The average molecular weight is 315 g/mol. The molecule has 0 atom stereocenters. The summed E-state index contributed by atoms with van der Waals surface area (Å²) in [7, 11) is 0. The standard InChI is InChI=1S/C19H35ClO/c1-3-4-5-6-9-12-15-18(2)16-13-10-7-8-11-14-17-19(20)21/h2-17H2,1H3. The highest BCUT2D eigenvalue weighted by atomic mass is 35.5. The van der Waals surface area contributed by atoms with Gasteiger partial charge in [0.05, 0.1) is 0 Å². The molecule has 0 saturated heterocycles. The monoisotopic (exact) mass is 314 g/mol. The lowest BCUT2D eigenvalue weighted by molar-refractivity contribution is -0.111. The van der Waals surface area contributed by atoms with Crippen LogP contribution in [0.2, 0.25) is 0 Å². The number of halogens is 1. The molecule has 0 spiro atoms. The van der Waals surface area contributed by atoms with Crippen LogP contribution < -0.4 is 0 Å². The number of hydrogen-bond acceptors (Lipinski definition) is 1. The summed E-state index contributed by atoms with van der Waals surface area (Å²) in [5.41, 5.74) is 1.44. The number of rotatable bonds is 16. The molecule has 0 bridgehead atoms. The lowest BCUT2D eigenvalue weighted by Gasteiger charge is -2.06. The SMILES string of the molecule is C=C(CCCCCCCC)CCCCCCCCC(=O)Cl. The summed E-state index contributed by atoms with van der Waals surface area (Å²) < 4.78 is 0. The van der Waals surface area contributed by atoms with Gasteiger partial charge in [-0.1, -0.05) is 76.9 Å². The van der Waals surface area contributed by atoms with Gasteiger partial charge in [-0.2, -0.15) is 0 Å². The summed E-state index contributed by atoms with van der Waals surface area (Å²) in [6, 6.07) is 0. The van der Waals surface area contributed by atoms with Crippen molar-refractivity contribution in [2.45, 2.75) is 103 Å². The first-order chi connectivity index (χ1) is 10.2. The van der Waals surface area contributed by atoms with E-state index in [9.17, 15) is 4.79 Å². The van der Waals surface area contributed by atoms with Crippen molar-refractivity contribution < 1.29 is 4.79 Å². The third-order valence-electron chi connectivity index (χ3n) is 4.04. The fourth-order valence-corrected chi connectivity index (χ4v) is 2.76. The zero-order chi connectivity index (χ0) is 15.8. The fourth-order valence-electron chi connectivity index (χ4n) is 2.63. The van der Waals surface area contributed by atoms with E-state index >= 15 is 0 Å². The zero-order valence-corrected chi connectivity index (χ0v) is 14.9. The topological polar surface area (TPSA) is 17.1 Å². The number of allylic oxidation sites excluding steroid dienone is 1. The van der Waals surface area contributed by atoms with Gasteiger partial charge in [-0.15, -0.1) is 0 Å². The molecule has 0 rings (SSSR count). The van der Waals surface area contributed by atoms with Crippen molar-refractivity contribution in [2.75, 3.05) is 0 Å². The highest BCUT2D eigenvalue weighted by molar-refractivity contribution is 6.63. The normalized spacial score (nSPS) is 10.8. The Kier molecular flexibility index (Phi) is 15.8. The van der Waals surface area contributed by atoms with Crippen LogP contribution in [0.1, 0.15) is 103 Å². The highest BCUT2D eigenvalue weighted by Crippen LogP contribution is 2.17. The van der Waals surface area contributed by atoms with E-state index in [4.69, 9.17) is 11.6 Å². The summed E-state index contributed by atoms with van der Waals surface area (Å²) in [6.07, 6.45) is 18.4. The van der Waals surface area contributed by atoms with E-state index in [-0.39, 0.29) is 5.24 Å². The maximum absolute atomic E-state index is 10.6. The first-order valence-corrected chi connectivity index (χ1v) is 9.39. The van der Waals surface area contributed by atoms with E-state index in [0.29, 0.717) is 6.42 Å². The van der Waals surface area contributed by atoms with Crippen molar-refractivity contribution in [3.63, 3.8) is 0 Å². The maximum Gasteiger partial charge on any atom is 0.221 e. The van der Waals surface area contributed by atoms with Crippen LogP contribution in [0.5, 0.6) is 0 Å². The van der Waals surface area contributed by atoms with Gasteiger partial charge in [0.2, 0.25) is 5.24 Å². The minimum absolute atomic E-state index is 0.194. The molecular formula is C19H35ClO. The molecule has 0 aromatic carbocycles. The molecule has 0 heterocycles. The minimum atomic E-state index is -0.194. The van der Waals surface area contributed by atoms with Crippen LogP contribution >= 0.6 is 11.6 Å². The molecule has 0 aliphatic carbocycles. The van der Waals surface area contributed by atoms with Gasteiger partial charge in [0.25, 0.3) is 0 Å². The quantitative estimate of drug-likeness (QED) is 0.167. The zero-order valence-electron chi connectivity index (χ0n) is 14.1. The van der Waals surface area contributed by atoms with Gasteiger partial charge in [0.15, 0.2) is 0 Å². The van der Waals surface area contributed by atoms with Crippen LogP contribution in [0, 0.1) is 0 Å². The Labute approximate surface area is 137 Å². The molecule has 0 N–H and O–H groups in total. The van der Waals surface area contributed by atoms with Crippen molar-refractivity contribution in [1.29, 1.82) is 0 Å². The Morgan fingerprint density at radius 2 is 1.10 bits per heavy atom. The second-order valence-electron chi connectivity index (χ2n) is 6.24. The average Bonchev–Trinajstić information content (AvgIpc) is 2.45. The molecule has 0 aliphatic heterocycles. The van der Waals surface area contributed by atoms with Crippen LogP contribution in [-0.4, -0.2) is 5.24 Å². The van der Waals surface area contributed by atoms with Gasteiger partial charge in [0.1, 0.15) is 0 Å². The molecule has 0 saturated carbocycles. The lowest BCUT2D eigenvalue weighted by Crippen LogP contribution is -1.88. The van der Waals surface area contributed by atoms with Gasteiger partial charge in [-0.3, -0.25) is 4.79 Å². The van der Waals surface area contributed by atoms with Crippen LogP contribution in [0.25, 0.3) is 0 Å². The van der Waals surface area contributed by atoms with Crippen molar-refractivity contribution in [1.82, 2.24) is 0 Å². The van der Waals surface area contributed by atoms with Crippen molar-refractivity contribution >= 4 is 16.8 Å². The van der Waals surface area contributed by atoms with Crippen LogP contribution in [0.4, 0.5) is 0 Å². The van der Waals surface area contributed by atoms with E-state index in [1.54, 1.807) is 0 Å². The van der Waals surface area contributed by atoms with Crippen LogP contribution in [0.3, 0.4) is 0 Å². The number of hydrogen-bond donors (Lipinski definition) is 0. The van der Waals surface area contributed by atoms with Crippen LogP contribution in [-0.2, 0) is 4.79 Å². The Morgan fingerprint density at radius 3 is 1.52 bits per heavy atom. The largest absolute Gasteiger partial charge is 0.281 e. The molecule has 0 fully saturated rings. The van der Waals surface area contributed by atoms with Crippen molar-refractivity contribution in [3.8, 4) is 0 Å². The first-order valence-electron chi connectivity index (χ1n) is 9.01. The minimum Gasteiger partial charge on any atom is -0.281 e. The fraction of sp³-hybridized carbons (Fsp3) is 0.842. The highest BCUT2D eigenvalue weighted by Gasteiger charge is 1.98. The molecule has 124 valence electrons. The second-order valence-corrected chi connectivity index (χ2v) is 6.67. The second kappa shape index (κ2) is 16.1. The van der Waals surface area contributed by atoms with Gasteiger partial charge >= 0.3 is 0 Å². The maximum atomic E-state index is 10.6. The van der Waals surface area contributed by atoms with Crippen molar-refractivity contribution in [3.05, 3.63) is 12.2 Å². The summed E-state index contributed by atoms with van der Waals surface area (Å²) in [4.78, 5) is 10.6. The molecule has 0 aliphatic rings. The molecule has 1 nitrogen and oxygen atoms in total. The van der Waals surface area contributed by atoms with E-state index < -0.39 is 0 Å².